The number of halogens is 4. The van der Waals surface area contributed by atoms with Gasteiger partial charge in [-0.15, -0.1) is 12.4 Å². The molecule has 1 saturated carbocycles. The number of alkyl halides is 3. The molecule has 3 nitrogen and oxygen atoms in total. The Balaban J connectivity index is 0.00000242. The molecule has 1 aliphatic carbocycles. The Bertz CT molecular complexity index is 491. The lowest BCUT2D eigenvalue weighted by molar-refractivity contribution is -0.183. The number of hydrogen-bond acceptors (Lipinski definition) is 2. The Morgan fingerprint density at radius 2 is 1.86 bits per heavy atom. The van der Waals surface area contributed by atoms with Gasteiger partial charge in [-0.3, -0.25) is 4.79 Å². The van der Waals surface area contributed by atoms with Gasteiger partial charge in [0, 0.05) is 18.2 Å². The first kappa shape index (κ1) is 18.8. The lowest BCUT2D eigenvalue weighted by Gasteiger charge is -2.31. The molecular weight excluding hydrogens is 317 g/mol. The Morgan fingerprint density at radius 1 is 1.23 bits per heavy atom. The van der Waals surface area contributed by atoms with Gasteiger partial charge in [-0.25, -0.2) is 0 Å². The molecule has 1 aliphatic rings. The van der Waals surface area contributed by atoms with Gasteiger partial charge in [0.25, 0.3) is 5.91 Å². The van der Waals surface area contributed by atoms with Crippen LogP contribution in [-0.4, -0.2) is 18.1 Å². The van der Waals surface area contributed by atoms with Crippen molar-refractivity contribution in [2.45, 2.75) is 44.4 Å². The van der Waals surface area contributed by atoms with Crippen LogP contribution >= 0.6 is 12.4 Å². The zero-order chi connectivity index (χ0) is 15.5. The van der Waals surface area contributed by atoms with Gasteiger partial charge in [-0.1, -0.05) is 18.6 Å². The van der Waals surface area contributed by atoms with Crippen molar-refractivity contribution < 1.29 is 18.0 Å². The second kappa shape index (κ2) is 7.83. The van der Waals surface area contributed by atoms with Crippen LogP contribution in [-0.2, 0) is 6.54 Å². The predicted octanol–water partition coefficient (Wildman–Crippen LogP) is 3.42. The third-order valence-corrected chi connectivity index (χ3v) is 3.92. The van der Waals surface area contributed by atoms with Gasteiger partial charge in [-0.2, -0.15) is 13.2 Å². The van der Waals surface area contributed by atoms with Crippen LogP contribution in [0.1, 0.15) is 41.6 Å². The van der Waals surface area contributed by atoms with E-state index in [0.29, 0.717) is 24.9 Å². The number of benzene rings is 1. The van der Waals surface area contributed by atoms with E-state index in [4.69, 9.17) is 5.73 Å². The van der Waals surface area contributed by atoms with Crippen molar-refractivity contribution >= 4 is 18.3 Å². The summed E-state index contributed by atoms with van der Waals surface area (Å²) in [5.74, 6) is -1.64. The lowest BCUT2D eigenvalue weighted by atomic mass is 9.85. The van der Waals surface area contributed by atoms with E-state index in [9.17, 15) is 18.0 Å². The molecule has 3 N–H and O–H groups in total. The van der Waals surface area contributed by atoms with E-state index < -0.39 is 18.1 Å². The zero-order valence-corrected chi connectivity index (χ0v) is 12.8. The van der Waals surface area contributed by atoms with Gasteiger partial charge in [0.1, 0.15) is 0 Å². The number of carbonyl (C=O) groups is 1. The molecule has 22 heavy (non-hydrogen) atoms. The van der Waals surface area contributed by atoms with Crippen molar-refractivity contribution in [2.75, 3.05) is 0 Å². The van der Waals surface area contributed by atoms with Crippen LogP contribution in [0.2, 0.25) is 0 Å². The van der Waals surface area contributed by atoms with E-state index in [1.807, 2.05) is 0 Å². The molecule has 1 amide bonds. The first-order chi connectivity index (χ1) is 9.90. The van der Waals surface area contributed by atoms with Gasteiger partial charge in [0.15, 0.2) is 0 Å². The third-order valence-electron chi connectivity index (χ3n) is 3.92. The van der Waals surface area contributed by atoms with E-state index in [2.05, 4.69) is 5.32 Å². The molecule has 0 radical (unpaired) electrons. The monoisotopic (exact) mass is 336 g/mol. The summed E-state index contributed by atoms with van der Waals surface area (Å²) in [6, 6.07) is 6.36. The molecule has 124 valence electrons. The largest absolute Gasteiger partial charge is 0.391 e. The molecule has 0 aromatic heterocycles. The van der Waals surface area contributed by atoms with Crippen LogP contribution in [0.25, 0.3) is 0 Å². The second-order valence-electron chi connectivity index (χ2n) is 5.48. The number of amides is 1. The zero-order valence-electron chi connectivity index (χ0n) is 12.0. The molecular formula is C15H20ClF3N2O. The Labute approximate surface area is 133 Å². The minimum Gasteiger partial charge on any atom is -0.349 e. The normalized spacial score (nSPS) is 21.8. The van der Waals surface area contributed by atoms with Gasteiger partial charge < -0.3 is 11.1 Å². The van der Waals surface area contributed by atoms with Crippen molar-refractivity contribution in [1.82, 2.24) is 5.32 Å². The fraction of sp³-hybridized carbons (Fsp3) is 0.533. The fourth-order valence-corrected chi connectivity index (χ4v) is 2.68. The van der Waals surface area contributed by atoms with E-state index in [1.54, 1.807) is 24.3 Å². The Morgan fingerprint density at radius 3 is 2.41 bits per heavy atom. The maximum atomic E-state index is 12.7. The molecule has 2 unspecified atom stereocenters. The van der Waals surface area contributed by atoms with Crippen LogP contribution in [0.15, 0.2) is 24.3 Å². The third kappa shape index (κ3) is 4.88. The molecule has 2 atom stereocenters. The molecule has 0 bridgehead atoms. The van der Waals surface area contributed by atoms with Crippen LogP contribution < -0.4 is 11.1 Å². The van der Waals surface area contributed by atoms with E-state index in [-0.39, 0.29) is 31.2 Å². The maximum absolute atomic E-state index is 12.7. The van der Waals surface area contributed by atoms with Gasteiger partial charge >= 0.3 is 6.18 Å². The lowest BCUT2D eigenvalue weighted by Crippen LogP contribution is -2.41. The first-order valence-electron chi connectivity index (χ1n) is 7.06. The molecule has 0 saturated heterocycles. The fourth-order valence-electron chi connectivity index (χ4n) is 2.68. The average Bonchev–Trinajstić information content (AvgIpc) is 2.47. The summed E-state index contributed by atoms with van der Waals surface area (Å²) in [7, 11) is 0. The summed E-state index contributed by atoms with van der Waals surface area (Å²) < 4.78 is 38.2. The average molecular weight is 337 g/mol. The molecule has 0 aliphatic heterocycles. The smallest absolute Gasteiger partial charge is 0.349 e. The second-order valence-corrected chi connectivity index (χ2v) is 5.48. The number of hydrogen-bond donors (Lipinski definition) is 2. The first-order valence-corrected chi connectivity index (χ1v) is 7.06. The number of rotatable bonds is 3. The summed E-state index contributed by atoms with van der Waals surface area (Å²) >= 11 is 0. The van der Waals surface area contributed by atoms with E-state index in [0.717, 1.165) is 5.56 Å². The molecule has 1 aromatic carbocycles. The van der Waals surface area contributed by atoms with Crippen molar-refractivity contribution in [3.8, 4) is 0 Å². The highest BCUT2D eigenvalue weighted by Gasteiger charge is 2.42. The van der Waals surface area contributed by atoms with Crippen molar-refractivity contribution in [3.05, 3.63) is 35.4 Å². The summed E-state index contributed by atoms with van der Waals surface area (Å²) in [6.07, 6.45) is -2.97. The summed E-state index contributed by atoms with van der Waals surface area (Å²) in [5.41, 5.74) is 6.82. The summed E-state index contributed by atoms with van der Waals surface area (Å²) in [5, 5.41) is 2.70. The highest BCUT2D eigenvalue weighted by molar-refractivity contribution is 5.94. The van der Waals surface area contributed by atoms with Gasteiger partial charge in [-0.05, 0) is 37.0 Å². The van der Waals surface area contributed by atoms with Gasteiger partial charge in [0.05, 0.1) is 5.92 Å². The van der Waals surface area contributed by atoms with Crippen LogP contribution in [0.5, 0.6) is 0 Å². The van der Waals surface area contributed by atoms with Crippen molar-refractivity contribution in [3.63, 3.8) is 0 Å². The molecule has 2 rings (SSSR count). The predicted molar refractivity (Wildman–Crippen MR) is 80.8 cm³/mol. The molecule has 1 fully saturated rings. The minimum absolute atomic E-state index is 0. The van der Waals surface area contributed by atoms with Crippen LogP contribution in [0.3, 0.4) is 0 Å². The number of nitrogens with one attached hydrogen (secondary N) is 1. The van der Waals surface area contributed by atoms with E-state index >= 15 is 0 Å². The Kier molecular flexibility index (Phi) is 6.68. The topological polar surface area (TPSA) is 55.1 Å². The quantitative estimate of drug-likeness (QED) is 0.888. The number of nitrogens with two attached hydrogens (primary N) is 1. The standard InChI is InChI=1S/C15H19F3N2O.ClH/c16-15(17,18)12-2-1-3-13(8-12)20-14(21)11-6-4-10(9-19)5-7-11;/h4-7,12-13H,1-3,8-9,19H2,(H,20,21);1H. The maximum Gasteiger partial charge on any atom is 0.391 e. The SMILES string of the molecule is Cl.NCc1ccc(C(=O)NC2CCCC(C(F)(F)F)C2)cc1. The Hall–Kier alpha value is -1.27. The summed E-state index contributed by atoms with van der Waals surface area (Å²) in [6.45, 7) is 0.387. The van der Waals surface area contributed by atoms with Crippen LogP contribution in [0.4, 0.5) is 13.2 Å². The van der Waals surface area contributed by atoms with E-state index in [1.165, 1.54) is 0 Å². The van der Waals surface area contributed by atoms with Gasteiger partial charge in [0.2, 0.25) is 0 Å². The highest BCUT2D eigenvalue weighted by atomic mass is 35.5. The molecule has 1 aromatic rings. The summed E-state index contributed by atoms with van der Waals surface area (Å²) in [4.78, 5) is 12.0. The molecule has 7 heteroatoms. The molecule has 0 heterocycles. The van der Waals surface area contributed by atoms with Crippen molar-refractivity contribution in [2.24, 2.45) is 11.7 Å². The van der Waals surface area contributed by atoms with Crippen LogP contribution in [0, 0.1) is 5.92 Å². The molecule has 0 spiro atoms. The highest BCUT2D eigenvalue weighted by Crippen LogP contribution is 2.37. The minimum atomic E-state index is -4.17. The van der Waals surface area contributed by atoms with Crippen molar-refractivity contribution in [1.29, 1.82) is 0 Å². The number of carbonyl (C=O) groups excluding carboxylic acids is 1.